The van der Waals surface area contributed by atoms with Crippen molar-refractivity contribution in [3.8, 4) is 11.6 Å². The van der Waals surface area contributed by atoms with E-state index in [2.05, 4.69) is 49.8 Å². The Bertz CT molecular complexity index is 799. The third-order valence-corrected chi connectivity index (χ3v) is 3.41. The van der Waals surface area contributed by atoms with E-state index in [4.69, 9.17) is 4.52 Å². The molecule has 2 amide bonds. The molecule has 130 valence electrons. The maximum atomic E-state index is 12.3. The maximum Gasteiger partial charge on any atom is 0.319 e. The molecule has 1 atom stereocenters. The van der Waals surface area contributed by atoms with E-state index >= 15 is 0 Å². The summed E-state index contributed by atoms with van der Waals surface area (Å²) in [6.07, 6.45) is 2.02. The van der Waals surface area contributed by atoms with Crippen LogP contribution in [0.25, 0.3) is 11.6 Å². The summed E-state index contributed by atoms with van der Waals surface area (Å²) in [7, 11) is 0. The zero-order chi connectivity index (χ0) is 17.6. The van der Waals surface area contributed by atoms with Gasteiger partial charge in [-0.1, -0.05) is 37.2 Å². The number of hydrogen-bond acceptors (Lipinski definition) is 6. The van der Waals surface area contributed by atoms with Crippen LogP contribution in [0.4, 0.5) is 10.5 Å². The van der Waals surface area contributed by atoms with Gasteiger partial charge in [-0.2, -0.15) is 10.1 Å². The molecule has 0 radical (unpaired) electrons. The van der Waals surface area contributed by atoms with Gasteiger partial charge in [0.2, 0.25) is 11.7 Å². The summed E-state index contributed by atoms with van der Waals surface area (Å²) in [5.41, 5.74) is 0.705. The number of carbonyl (C=O) groups is 1. The van der Waals surface area contributed by atoms with Crippen LogP contribution >= 0.6 is 0 Å². The molecule has 0 saturated heterocycles. The van der Waals surface area contributed by atoms with Crippen LogP contribution in [0.15, 0.2) is 41.2 Å². The molecular weight excluding hydrogens is 322 g/mol. The van der Waals surface area contributed by atoms with Crippen LogP contribution < -0.4 is 10.6 Å². The number of aromatic amines is 1. The number of rotatable bonds is 6. The van der Waals surface area contributed by atoms with Gasteiger partial charge in [0.1, 0.15) is 12.4 Å². The molecule has 2 aromatic heterocycles. The first-order valence-electron chi connectivity index (χ1n) is 7.93. The SMILES string of the molecule is CC(C)CC(NC(=O)Nc1ccccc1)c1nc(-c2ncn[nH]2)no1. The van der Waals surface area contributed by atoms with Crippen molar-refractivity contribution < 1.29 is 9.32 Å². The number of amides is 2. The molecule has 0 saturated carbocycles. The van der Waals surface area contributed by atoms with Gasteiger partial charge in [0.15, 0.2) is 5.82 Å². The standard InChI is InChI=1S/C16H19N7O2/c1-10(2)8-12(20-16(24)19-11-6-4-3-5-7-11)15-21-14(23-25-15)13-17-9-18-22-13/h3-7,9-10,12H,8H2,1-2H3,(H,17,18,22)(H2,19,20,24). The van der Waals surface area contributed by atoms with Gasteiger partial charge in [-0.15, -0.1) is 0 Å². The molecule has 0 bridgehead atoms. The fourth-order valence-electron chi connectivity index (χ4n) is 2.33. The highest BCUT2D eigenvalue weighted by Gasteiger charge is 2.23. The Morgan fingerprint density at radius 2 is 2.08 bits per heavy atom. The molecular formula is C16H19N7O2. The Kier molecular flexibility index (Phi) is 5.03. The van der Waals surface area contributed by atoms with Gasteiger partial charge in [0.05, 0.1) is 0 Å². The predicted octanol–water partition coefficient (Wildman–Crippen LogP) is 2.76. The first-order chi connectivity index (χ1) is 12.1. The predicted molar refractivity (Wildman–Crippen MR) is 90.5 cm³/mol. The Morgan fingerprint density at radius 1 is 1.28 bits per heavy atom. The molecule has 2 heterocycles. The van der Waals surface area contributed by atoms with Crippen LogP contribution in [0.1, 0.15) is 32.2 Å². The van der Waals surface area contributed by atoms with Gasteiger partial charge in [-0.05, 0) is 24.5 Å². The van der Waals surface area contributed by atoms with E-state index in [-0.39, 0.29) is 6.03 Å². The average molecular weight is 341 g/mol. The average Bonchev–Trinajstić information content (AvgIpc) is 3.26. The van der Waals surface area contributed by atoms with E-state index < -0.39 is 6.04 Å². The smallest absolute Gasteiger partial charge is 0.319 e. The lowest BCUT2D eigenvalue weighted by atomic mass is 10.0. The Labute approximate surface area is 144 Å². The lowest BCUT2D eigenvalue weighted by molar-refractivity contribution is 0.240. The number of aromatic nitrogens is 5. The molecule has 0 spiro atoms. The van der Waals surface area contributed by atoms with Crippen LogP contribution in [0, 0.1) is 5.92 Å². The lowest BCUT2D eigenvalue weighted by Crippen LogP contribution is -2.33. The summed E-state index contributed by atoms with van der Waals surface area (Å²) < 4.78 is 5.31. The number of nitrogens with one attached hydrogen (secondary N) is 3. The third kappa shape index (κ3) is 4.40. The molecule has 3 aromatic rings. The summed E-state index contributed by atoms with van der Waals surface area (Å²) >= 11 is 0. The van der Waals surface area contributed by atoms with Crippen molar-refractivity contribution in [2.45, 2.75) is 26.3 Å². The third-order valence-electron chi connectivity index (χ3n) is 3.41. The summed E-state index contributed by atoms with van der Waals surface area (Å²) in [5, 5.41) is 16.0. The summed E-state index contributed by atoms with van der Waals surface area (Å²) in [6.45, 7) is 4.11. The molecule has 9 heteroatoms. The normalized spacial score (nSPS) is 12.1. The molecule has 25 heavy (non-hydrogen) atoms. The van der Waals surface area contributed by atoms with E-state index in [0.717, 1.165) is 0 Å². The fourth-order valence-corrected chi connectivity index (χ4v) is 2.33. The summed E-state index contributed by atoms with van der Waals surface area (Å²) in [5.74, 6) is 1.35. The molecule has 1 aromatic carbocycles. The van der Waals surface area contributed by atoms with Crippen LogP contribution in [0.2, 0.25) is 0 Å². The Balaban J connectivity index is 1.72. The highest BCUT2D eigenvalue weighted by atomic mass is 16.5. The van der Waals surface area contributed by atoms with Crippen molar-refractivity contribution in [2.24, 2.45) is 5.92 Å². The molecule has 9 nitrogen and oxygen atoms in total. The minimum absolute atomic E-state index is 0.298. The lowest BCUT2D eigenvalue weighted by Gasteiger charge is -2.17. The van der Waals surface area contributed by atoms with Crippen molar-refractivity contribution in [1.82, 2.24) is 30.6 Å². The molecule has 0 aliphatic heterocycles. The van der Waals surface area contributed by atoms with E-state index in [1.807, 2.05) is 30.3 Å². The molecule has 3 rings (SSSR count). The van der Waals surface area contributed by atoms with Crippen LogP contribution in [-0.2, 0) is 0 Å². The Morgan fingerprint density at radius 3 is 2.76 bits per heavy atom. The molecule has 1 unspecified atom stereocenters. The van der Waals surface area contributed by atoms with Gasteiger partial charge < -0.3 is 15.2 Å². The minimum Gasteiger partial charge on any atom is -0.337 e. The number of anilines is 1. The van der Waals surface area contributed by atoms with Crippen LogP contribution in [-0.4, -0.2) is 31.4 Å². The number of nitrogens with zero attached hydrogens (tertiary/aromatic N) is 4. The van der Waals surface area contributed by atoms with E-state index in [1.165, 1.54) is 6.33 Å². The van der Waals surface area contributed by atoms with Crippen molar-refractivity contribution in [3.63, 3.8) is 0 Å². The first kappa shape index (κ1) is 16.6. The van der Waals surface area contributed by atoms with Gasteiger partial charge in [-0.25, -0.2) is 9.78 Å². The minimum atomic E-state index is -0.409. The van der Waals surface area contributed by atoms with Crippen molar-refractivity contribution in [2.75, 3.05) is 5.32 Å². The highest BCUT2D eigenvalue weighted by molar-refractivity contribution is 5.89. The second-order valence-electron chi connectivity index (χ2n) is 5.94. The molecule has 0 fully saturated rings. The molecule has 0 aliphatic carbocycles. The Hall–Kier alpha value is -3.23. The van der Waals surface area contributed by atoms with E-state index in [9.17, 15) is 4.79 Å². The first-order valence-corrected chi connectivity index (χ1v) is 7.93. The van der Waals surface area contributed by atoms with Crippen LogP contribution in [0.3, 0.4) is 0 Å². The molecule has 0 aliphatic rings. The zero-order valence-electron chi connectivity index (χ0n) is 13.9. The monoisotopic (exact) mass is 341 g/mol. The largest absolute Gasteiger partial charge is 0.337 e. The maximum absolute atomic E-state index is 12.3. The summed E-state index contributed by atoms with van der Waals surface area (Å²) in [6, 6.07) is 8.46. The van der Waals surface area contributed by atoms with E-state index in [1.54, 1.807) is 0 Å². The van der Waals surface area contributed by atoms with Gasteiger partial charge in [-0.3, -0.25) is 5.10 Å². The second-order valence-corrected chi connectivity index (χ2v) is 5.94. The summed E-state index contributed by atoms with van der Waals surface area (Å²) in [4.78, 5) is 20.6. The quantitative estimate of drug-likeness (QED) is 0.634. The van der Waals surface area contributed by atoms with Crippen molar-refractivity contribution in [3.05, 3.63) is 42.5 Å². The number of H-pyrrole nitrogens is 1. The van der Waals surface area contributed by atoms with Crippen LogP contribution in [0.5, 0.6) is 0 Å². The number of hydrogen-bond donors (Lipinski definition) is 3. The molecule has 3 N–H and O–H groups in total. The number of urea groups is 1. The zero-order valence-corrected chi connectivity index (χ0v) is 13.9. The van der Waals surface area contributed by atoms with Gasteiger partial charge >= 0.3 is 6.03 Å². The van der Waals surface area contributed by atoms with E-state index in [0.29, 0.717) is 35.6 Å². The number of para-hydroxylation sites is 1. The fraction of sp³-hybridized carbons (Fsp3) is 0.312. The topological polar surface area (TPSA) is 122 Å². The van der Waals surface area contributed by atoms with Crippen molar-refractivity contribution >= 4 is 11.7 Å². The van der Waals surface area contributed by atoms with Crippen molar-refractivity contribution in [1.29, 1.82) is 0 Å². The van der Waals surface area contributed by atoms with Gasteiger partial charge in [0, 0.05) is 5.69 Å². The number of benzene rings is 1. The second kappa shape index (κ2) is 7.56. The highest BCUT2D eigenvalue weighted by Crippen LogP contribution is 2.22. The van der Waals surface area contributed by atoms with Gasteiger partial charge in [0.25, 0.3) is 0 Å². The number of carbonyl (C=O) groups excluding carboxylic acids is 1.